The number of alkyl carbamates (subject to hydrolysis) is 1. The van der Waals surface area contributed by atoms with Gasteiger partial charge >= 0.3 is 6.09 Å². The molecule has 0 saturated heterocycles. The summed E-state index contributed by atoms with van der Waals surface area (Å²) in [5.74, 6) is 0.00650. The molecule has 8 heteroatoms. The van der Waals surface area contributed by atoms with Crippen molar-refractivity contribution in [2.75, 3.05) is 0 Å². The predicted molar refractivity (Wildman–Crippen MR) is 167 cm³/mol. The van der Waals surface area contributed by atoms with Gasteiger partial charge in [0.2, 0.25) is 5.91 Å². The van der Waals surface area contributed by atoms with Crippen molar-refractivity contribution in [2.24, 2.45) is 5.92 Å². The van der Waals surface area contributed by atoms with Gasteiger partial charge in [0.05, 0.1) is 17.3 Å². The number of benzene rings is 2. The molecule has 2 aromatic carbocycles. The average Bonchev–Trinajstić information content (AvgIpc) is 3.45. The van der Waals surface area contributed by atoms with Gasteiger partial charge in [-0.3, -0.25) is 14.8 Å². The van der Waals surface area contributed by atoms with E-state index < -0.39 is 11.6 Å². The van der Waals surface area contributed by atoms with E-state index in [0.717, 1.165) is 64.3 Å². The number of nitrogens with zero attached hydrogens (tertiary/aromatic N) is 2. The number of carbonyl (C=O) groups excluding carboxylic acids is 2. The van der Waals surface area contributed by atoms with E-state index >= 15 is 0 Å². The van der Waals surface area contributed by atoms with E-state index in [1.807, 2.05) is 79.0 Å². The van der Waals surface area contributed by atoms with Crippen molar-refractivity contribution in [3.05, 3.63) is 108 Å². The zero-order valence-electron chi connectivity index (χ0n) is 24.4. The summed E-state index contributed by atoms with van der Waals surface area (Å²) in [6, 6.07) is 23.1. The summed E-state index contributed by atoms with van der Waals surface area (Å²) in [5.41, 5.74) is 3.16. The van der Waals surface area contributed by atoms with Crippen LogP contribution in [0.25, 0.3) is 21.8 Å². The van der Waals surface area contributed by atoms with E-state index in [0.29, 0.717) is 0 Å². The number of H-pyrrole nitrogens is 1. The second-order valence-electron chi connectivity index (χ2n) is 11.7. The first-order chi connectivity index (χ1) is 21.0. The lowest BCUT2D eigenvalue weighted by molar-refractivity contribution is -0.128. The molecule has 1 fully saturated rings. The molecule has 0 spiro atoms. The van der Waals surface area contributed by atoms with Gasteiger partial charge < -0.3 is 20.4 Å². The fourth-order valence-corrected chi connectivity index (χ4v) is 6.23. The number of ether oxygens (including phenoxy) is 1. The highest BCUT2D eigenvalue weighted by molar-refractivity contribution is 5.92. The number of aromatic nitrogens is 3. The summed E-state index contributed by atoms with van der Waals surface area (Å²) in [6.45, 7) is 1.84. The minimum Gasteiger partial charge on any atom is -0.445 e. The zero-order valence-corrected chi connectivity index (χ0v) is 24.4. The van der Waals surface area contributed by atoms with Crippen LogP contribution >= 0.6 is 0 Å². The van der Waals surface area contributed by atoms with Gasteiger partial charge in [-0.2, -0.15) is 0 Å². The van der Waals surface area contributed by atoms with Crippen LogP contribution in [0.1, 0.15) is 61.9 Å². The number of fused-ring (bicyclic) bond motifs is 2. The van der Waals surface area contributed by atoms with E-state index in [1.54, 1.807) is 19.3 Å². The molecule has 1 saturated carbocycles. The standard InChI is InChI=1S/C35H37N5O3/c1-35(21-27-22-38-30-14-6-5-13-28(27)30,40-34(42)43-23-24-16-17-29-26(20-24)12-9-19-36-29)33(41)39-32(25-10-3-2-4-11-25)31-15-7-8-18-37-31/h5-9,12-20,22,25,32,38H,2-4,10-11,21,23H2,1H3,(H,39,41)(H,40,42)/t32?,35-/m0/s1. The normalized spacial score (nSPS) is 15.9. The molecule has 1 aliphatic rings. The third-order valence-electron chi connectivity index (χ3n) is 8.55. The first kappa shape index (κ1) is 28.4. The largest absolute Gasteiger partial charge is 0.445 e. The number of carbonyl (C=O) groups is 2. The molecule has 0 bridgehead atoms. The lowest BCUT2D eigenvalue weighted by Gasteiger charge is -2.35. The molecule has 6 rings (SSSR count). The molecule has 2 amide bonds. The Morgan fingerprint density at radius 2 is 1.79 bits per heavy atom. The highest BCUT2D eigenvalue weighted by atomic mass is 16.5. The number of hydrogen-bond acceptors (Lipinski definition) is 5. The molecule has 3 aromatic heterocycles. The van der Waals surface area contributed by atoms with Crippen molar-refractivity contribution in [1.29, 1.82) is 0 Å². The van der Waals surface area contributed by atoms with E-state index in [2.05, 4.69) is 25.6 Å². The topological polar surface area (TPSA) is 109 Å². The monoisotopic (exact) mass is 575 g/mol. The Hall–Kier alpha value is -4.72. The van der Waals surface area contributed by atoms with Crippen LogP contribution in [0.2, 0.25) is 0 Å². The van der Waals surface area contributed by atoms with Crippen LogP contribution in [0.15, 0.2) is 91.4 Å². The van der Waals surface area contributed by atoms with Crippen molar-refractivity contribution in [3.63, 3.8) is 0 Å². The molecule has 0 radical (unpaired) electrons. The first-order valence-electron chi connectivity index (χ1n) is 15.0. The second-order valence-corrected chi connectivity index (χ2v) is 11.7. The number of amides is 2. The molecule has 1 aliphatic carbocycles. The number of hydrogen-bond donors (Lipinski definition) is 3. The van der Waals surface area contributed by atoms with Crippen molar-refractivity contribution in [3.8, 4) is 0 Å². The van der Waals surface area contributed by atoms with Crippen molar-refractivity contribution in [2.45, 2.75) is 63.6 Å². The average molecular weight is 576 g/mol. The van der Waals surface area contributed by atoms with Gasteiger partial charge in [-0.05, 0) is 73.2 Å². The Bertz CT molecular complexity index is 1710. The third-order valence-corrected chi connectivity index (χ3v) is 8.55. The van der Waals surface area contributed by atoms with Crippen molar-refractivity contribution in [1.82, 2.24) is 25.6 Å². The molecular weight excluding hydrogens is 538 g/mol. The first-order valence-corrected chi connectivity index (χ1v) is 15.0. The molecule has 3 N–H and O–H groups in total. The molecule has 3 heterocycles. The van der Waals surface area contributed by atoms with Crippen LogP contribution in [0, 0.1) is 5.92 Å². The zero-order chi connectivity index (χ0) is 29.6. The summed E-state index contributed by atoms with van der Waals surface area (Å²) in [7, 11) is 0. The lowest BCUT2D eigenvalue weighted by atomic mass is 9.81. The summed E-state index contributed by atoms with van der Waals surface area (Å²) >= 11 is 0. The molecule has 220 valence electrons. The van der Waals surface area contributed by atoms with Crippen LogP contribution in [0.4, 0.5) is 4.79 Å². The Morgan fingerprint density at radius 1 is 0.977 bits per heavy atom. The molecule has 2 atom stereocenters. The van der Waals surface area contributed by atoms with E-state index in [4.69, 9.17) is 4.74 Å². The van der Waals surface area contributed by atoms with Crippen LogP contribution < -0.4 is 10.6 Å². The molecule has 0 aliphatic heterocycles. The Kier molecular flexibility index (Phi) is 8.36. The van der Waals surface area contributed by atoms with Gasteiger partial charge in [-0.1, -0.05) is 55.7 Å². The van der Waals surface area contributed by atoms with Crippen molar-refractivity contribution < 1.29 is 14.3 Å². The van der Waals surface area contributed by atoms with Gasteiger partial charge in [-0.15, -0.1) is 0 Å². The summed E-state index contributed by atoms with van der Waals surface area (Å²) in [6.07, 6.45) is 10.6. The van der Waals surface area contributed by atoms with Crippen LogP contribution in [-0.4, -0.2) is 32.5 Å². The van der Waals surface area contributed by atoms with Crippen molar-refractivity contribution >= 4 is 33.8 Å². The van der Waals surface area contributed by atoms with Crippen LogP contribution in [-0.2, 0) is 22.6 Å². The maximum absolute atomic E-state index is 14.3. The number of aromatic amines is 1. The van der Waals surface area contributed by atoms with E-state index in [1.165, 1.54) is 6.42 Å². The summed E-state index contributed by atoms with van der Waals surface area (Å²) in [4.78, 5) is 39.8. The second kappa shape index (κ2) is 12.7. The van der Waals surface area contributed by atoms with Gasteiger partial charge in [0.25, 0.3) is 0 Å². The number of para-hydroxylation sites is 1. The van der Waals surface area contributed by atoms with E-state index in [9.17, 15) is 9.59 Å². The maximum atomic E-state index is 14.3. The molecule has 43 heavy (non-hydrogen) atoms. The highest BCUT2D eigenvalue weighted by Gasteiger charge is 2.39. The minimum atomic E-state index is -1.29. The van der Waals surface area contributed by atoms with Gasteiger partial charge in [-0.25, -0.2) is 4.79 Å². The SMILES string of the molecule is C[C@@](Cc1c[nH]c2ccccc12)(NC(=O)OCc1ccc2ncccc2c1)C(=O)NC(c1ccccn1)C1CCCCC1. The maximum Gasteiger partial charge on any atom is 0.408 e. The van der Waals surface area contributed by atoms with Gasteiger partial charge in [0, 0.05) is 41.3 Å². The predicted octanol–water partition coefficient (Wildman–Crippen LogP) is 6.78. The highest BCUT2D eigenvalue weighted by Crippen LogP contribution is 2.34. The van der Waals surface area contributed by atoms with Gasteiger partial charge in [0.1, 0.15) is 12.1 Å². The van der Waals surface area contributed by atoms with Gasteiger partial charge in [0.15, 0.2) is 0 Å². The summed E-state index contributed by atoms with van der Waals surface area (Å²) < 4.78 is 5.66. The summed E-state index contributed by atoms with van der Waals surface area (Å²) in [5, 5.41) is 8.24. The molecule has 8 nitrogen and oxygen atoms in total. The lowest BCUT2D eigenvalue weighted by Crippen LogP contribution is -2.59. The molecule has 1 unspecified atom stereocenters. The number of rotatable bonds is 9. The van der Waals surface area contributed by atoms with Crippen LogP contribution in [0.3, 0.4) is 0 Å². The Labute approximate surface area is 251 Å². The fraction of sp³-hybridized carbons (Fsp3) is 0.314. The fourth-order valence-electron chi connectivity index (χ4n) is 6.23. The molecular formula is C35H37N5O3. The quantitative estimate of drug-likeness (QED) is 0.180. The Balaban J connectivity index is 1.24. The Morgan fingerprint density at radius 3 is 2.63 bits per heavy atom. The smallest absolute Gasteiger partial charge is 0.408 e. The number of pyridine rings is 2. The third kappa shape index (κ3) is 6.53. The number of nitrogens with one attached hydrogen (secondary N) is 3. The minimum absolute atomic E-state index is 0.0695. The van der Waals surface area contributed by atoms with E-state index in [-0.39, 0.29) is 30.9 Å². The van der Waals surface area contributed by atoms with Crippen LogP contribution in [0.5, 0.6) is 0 Å². The molecule has 5 aromatic rings.